The number of hydrogen-bond donors (Lipinski definition) is 5. The Bertz CT molecular complexity index is 1510. The van der Waals surface area contributed by atoms with Crippen molar-refractivity contribution >= 4 is 40.1 Å². The maximum atomic E-state index is 12.8. The third-order valence-electron chi connectivity index (χ3n) is 5.94. The number of pyridine rings is 1. The molecule has 0 fully saturated rings. The van der Waals surface area contributed by atoms with Crippen LogP contribution in [0.5, 0.6) is 0 Å². The fourth-order valence-corrected chi connectivity index (χ4v) is 4.44. The SMILES string of the molecule is CC(O)CN1C(=O)c2cc3nc(-c4c(NCC(O)c5cccc(Cl)c5)cc[nH]c4=O)[nH]c3cc2C1=O. The summed E-state index contributed by atoms with van der Waals surface area (Å²) in [6.07, 6.45) is -0.253. The molecule has 0 spiro atoms. The number of nitrogens with one attached hydrogen (secondary N) is 3. The lowest BCUT2D eigenvalue weighted by Gasteiger charge is -2.15. The van der Waals surface area contributed by atoms with Crippen molar-refractivity contribution in [2.24, 2.45) is 0 Å². The number of carbonyl (C=O) groups is 2. The Labute approximate surface area is 209 Å². The number of anilines is 1. The molecule has 0 bridgehead atoms. The lowest BCUT2D eigenvalue weighted by molar-refractivity contribution is 0.0563. The molecule has 5 N–H and O–H groups in total. The highest BCUT2D eigenvalue weighted by molar-refractivity contribution is 6.30. The van der Waals surface area contributed by atoms with Gasteiger partial charge in [0, 0.05) is 17.8 Å². The van der Waals surface area contributed by atoms with Gasteiger partial charge in [0.1, 0.15) is 11.4 Å². The Morgan fingerprint density at radius 1 is 1.08 bits per heavy atom. The van der Waals surface area contributed by atoms with Crippen molar-refractivity contribution in [1.82, 2.24) is 19.9 Å². The van der Waals surface area contributed by atoms with Crippen molar-refractivity contribution in [3.8, 4) is 11.4 Å². The monoisotopic (exact) mass is 507 g/mol. The molecule has 5 rings (SSSR count). The van der Waals surface area contributed by atoms with Gasteiger partial charge >= 0.3 is 0 Å². The van der Waals surface area contributed by atoms with E-state index in [1.54, 1.807) is 30.3 Å². The van der Waals surface area contributed by atoms with E-state index in [1.165, 1.54) is 25.3 Å². The highest BCUT2D eigenvalue weighted by Crippen LogP contribution is 2.30. The van der Waals surface area contributed by atoms with E-state index in [-0.39, 0.29) is 35.6 Å². The van der Waals surface area contributed by atoms with Gasteiger partial charge in [0.05, 0.1) is 46.6 Å². The number of H-pyrrole nitrogens is 2. The molecule has 0 aliphatic carbocycles. The third-order valence-corrected chi connectivity index (χ3v) is 6.17. The molecule has 1 aliphatic rings. The molecule has 0 saturated heterocycles. The Balaban J connectivity index is 1.47. The number of nitrogens with zero attached hydrogens (tertiary/aromatic N) is 2. The highest BCUT2D eigenvalue weighted by atomic mass is 35.5. The first-order valence-corrected chi connectivity index (χ1v) is 11.6. The first-order valence-electron chi connectivity index (χ1n) is 11.2. The first kappa shape index (κ1) is 23.7. The lowest BCUT2D eigenvalue weighted by Crippen LogP contribution is -2.35. The molecule has 0 saturated carbocycles. The Morgan fingerprint density at radius 3 is 2.56 bits per heavy atom. The summed E-state index contributed by atoms with van der Waals surface area (Å²) in [5.41, 5.74) is 2.11. The molecule has 2 atom stereocenters. The Morgan fingerprint density at radius 2 is 1.83 bits per heavy atom. The van der Waals surface area contributed by atoms with Gasteiger partial charge in [-0.3, -0.25) is 19.3 Å². The van der Waals surface area contributed by atoms with Gasteiger partial charge in [0.15, 0.2) is 0 Å². The number of aromatic nitrogens is 3. The van der Waals surface area contributed by atoms with E-state index in [0.29, 0.717) is 27.3 Å². The number of hydrogen-bond acceptors (Lipinski definition) is 7. The van der Waals surface area contributed by atoms with E-state index in [2.05, 4.69) is 20.3 Å². The van der Waals surface area contributed by atoms with Crippen molar-refractivity contribution in [2.75, 3.05) is 18.4 Å². The molecule has 4 aromatic rings. The second-order valence-electron chi connectivity index (χ2n) is 8.62. The van der Waals surface area contributed by atoms with Crippen LogP contribution in [0.3, 0.4) is 0 Å². The van der Waals surface area contributed by atoms with Crippen molar-refractivity contribution in [2.45, 2.75) is 19.1 Å². The number of imidazole rings is 1. The van der Waals surface area contributed by atoms with Crippen LogP contribution in [0.25, 0.3) is 22.4 Å². The van der Waals surface area contributed by atoms with E-state index < -0.39 is 29.6 Å². The maximum absolute atomic E-state index is 12.8. The molecule has 11 heteroatoms. The predicted molar refractivity (Wildman–Crippen MR) is 134 cm³/mol. The van der Waals surface area contributed by atoms with Crippen molar-refractivity contribution in [3.05, 3.63) is 80.7 Å². The smallest absolute Gasteiger partial charge is 0.261 e. The molecule has 3 heterocycles. The largest absolute Gasteiger partial charge is 0.392 e. The van der Waals surface area contributed by atoms with E-state index in [0.717, 1.165) is 4.90 Å². The summed E-state index contributed by atoms with van der Waals surface area (Å²) in [6, 6.07) is 11.5. The molecule has 2 unspecified atom stereocenters. The zero-order valence-corrected chi connectivity index (χ0v) is 19.8. The van der Waals surface area contributed by atoms with E-state index in [4.69, 9.17) is 11.6 Å². The number of carbonyl (C=O) groups excluding carboxylic acids is 2. The molecule has 0 radical (unpaired) electrons. The number of aromatic amines is 2. The molecule has 1 aliphatic heterocycles. The first-order chi connectivity index (χ1) is 17.2. The minimum atomic E-state index is -0.879. The van der Waals surface area contributed by atoms with Crippen LogP contribution in [-0.2, 0) is 0 Å². The minimum absolute atomic E-state index is 0.103. The number of imide groups is 1. The van der Waals surface area contributed by atoms with Crippen LogP contribution in [0.4, 0.5) is 5.69 Å². The van der Waals surface area contributed by atoms with E-state index >= 15 is 0 Å². The van der Waals surface area contributed by atoms with Gasteiger partial charge < -0.3 is 25.5 Å². The fraction of sp³-hybridized carbons (Fsp3) is 0.200. The van der Waals surface area contributed by atoms with Gasteiger partial charge in [-0.25, -0.2) is 4.98 Å². The van der Waals surface area contributed by atoms with Crippen molar-refractivity contribution in [1.29, 1.82) is 0 Å². The van der Waals surface area contributed by atoms with Crippen LogP contribution in [0, 0.1) is 0 Å². The van der Waals surface area contributed by atoms with Gasteiger partial charge in [0.2, 0.25) is 0 Å². The summed E-state index contributed by atoms with van der Waals surface area (Å²) in [4.78, 5) is 49.4. The number of aliphatic hydroxyl groups excluding tert-OH is 2. The molecule has 184 valence electrons. The fourth-order valence-electron chi connectivity index (χ4n) is 4.24. The molecule has 36 heavy (non-hydrogen) atoms. The topological polar surface area (TPSA) is 151 Å². The molecular formula is C25H22ClN5O5. The summed E-state index contributed by atoms with van der Waals surface area (Å²) >= 11 is 6.01. The van der Waals surface area contributed by atoms with Gasteiger partial charge in [-0.2, -0.15) is 0 Å². The van der Waals surface area contributed by atoms with Crippen molar-refractivity contribution in [3.63, 3.8) is 0 Å². The number of benzene rings is 2. The summed E-state index contributed by atoms with van der Waals surface area (Å²) in [5.74, 6) is -0.767. The summed E-state index contributed by atoms with van der Waals surface area (Å²) in [7, 11) is 0. The lowest BCUT2D eigenvalue weighted by atomic mass is 10.1. The Hall–Kier alpha value is -3.99. The van der Waals surface area contributed by atoms with E-state index in [1.807, 2.05) is 0 Å². The highest BCUT2D eigenvalue weighted by Gasteiger charge is 2.36. The predicted octanol–water partition coefficient (Wildman–Crippen LogP) is 2.69. The molecule has 2 amide bonds. The molecule has 10 nitrogen and oxygen atoms in total. The Kier molecular flexibility index (Phi) is 6.09. The zero-order chi connectivity index (χ0) is 25.6. The molecule has 2 aromatic carbocycles. The van der Waals surface area contributed by atoms with Gasteiger partial charge in [-0.1, -0.05) is 23.7 Å². The minimum Gasteiger partial charge on any atom is -0.392 e. The van der Waals surface area contributed by atoms with Crippen LogP contribution in [0.2, 0.25) is 5.02 Å². The summed E-state index contributed by atoms with van der Waals surface area (Å²) in [5, 5.41) is 23.8. The van der Waals surface area contributed by atoms with Gasteiger partial charge in [0.25, 0.3) is 17.4 Å². The van der Waals surface area contributed by atoms with Crippen LogP contribution in [0.1, 0.15) is 39.3 Å². The summed E-state index contributed by atoms with van der Waals surface area (Å²) < 4.78 is 0. The second kappa shape index (κ2) is 9.23. The van der Waals surface area contributed by atoms with E-state index in [9.17, 15) is 24.6 Å². The quantitative estimate of drug-likeness (QED) is 0.241. The van der Waals surface area contributed by atoms with Crippen LogP contribution < -0.4 is 10.9 Å². The number of rotatable bonds is 7. The van der Waals surface area contributed by atoms with Crippen LogP contribution in [-0.4, -0.2) is 61.1 Å². The third kappa shape index (κ3) is 4.26. The average molecular weight is 508 g/mol. The summed E-state index contributed by atoms with van der Waals surface area (Å²) in [6.45, 7) is 1.50. The van der Waals surface area contributed by atoms with Gasteiger partial charge in [-0.05, 0) is 42.8 Å². The molecule has 2 aromatic heterocycles. The van der Waals surface area contributed by atoms with Gasteiger partial charge in [-0.15, -0.1) is 0 Å². The maximum Gasteiger partial charge on any atom is 0.261 e. The number of halogens is 1. The zero-order valence-electron chi connectivity index (χ0n) is 19.1. The number of aliphatic hydroxyl groups is 2. The second-order valence-corrected chi connectivity index (χ2v) is 9.05. The normalized spacial score (nSPS) is 14.8. The number of β-amino-alcohol motifs (C(OH)–C–C–N with tert-alkyl or cyclic N) is 1. The van der Waals surface area contributed by atoms with Crippen LogP contribution >= 0.6 is 11.6 Å². The molecular weight excluding hydrogens is 486 g/mol. The number of amides is 2. The van der Waals surface area contributed by atoms with Crippen LogP contribution in [0.15, 0.2) is 53.5 Å². The standard InChI is InChI=1S/C25H22ClN5O5/c1-12(32)11-31-24(35)15-8-18-19(9-16(15)25(31)36)30-22(29-18)21-17(5-6-27-23(21)34)28-10-20(33)13-3-2-4-14(26)7-13/h2-9,12,20,32-33H,10-11H2,1H3,(H,29,30)(H2,27,28,34). The van der Waals surface area contributed by atoms with Crippen molar-refractivity contribution < 1.29 is 19.8 Å². The average Bonchev–Trinajstić information content (AvgIpc) is 3.35. The number of fused-ring (bicyclic) bond motifs is 2.